The van der Waals surface area contributed by atoms with Crippen LogP contribution in [0.5, 0.6) is 5.75 Å². The molecule has 5 nitrogen and oxygen atoms in total. The van der Waals surface area contributed by atoms with Gasteiger partial charge < -0.3 is 19.9 Å². The smallest absolute Gasteiger partial charge is 0.465 e. The van der Waals surface area contributed by atoms with Crippen molar-refractivity contribution in [2.45, 2.75) is 31.9 Å². The maximum absolute atomic E-state index is 12.3. The van der Waals surface area contributed by atoms with Crippen LogP contribution < -0.4 is 10.1 Å². The number of hydrogen-bond donors (Lipinski definition) is 2. The lowest BCUT2D eigenvalue weighted by Crippen LogP contribution is -2.32. The van der Waals surface area contributed by atoms with Gasteiger partial charge in [-0.05, 0) is 48.7 Å². The number of aliphatic hydroxyl groups excluding tert-OH is 1. The largest absolute Gasteiger partial charge is 0.573 e. The van der Waals surface area contributed by atoms with E-state index in [1.54, 1.807) is 12.1 Å². The maximum atomic E-state index is 12.3. The Bertz CT molecular complexity index is 784. The van der Waals surface area contributed by atoms with Crippen LogP contribution in [-0.2, 0) is 11.2 Å². The number of alkyl halides is 3. The Kier molecular flexibility index (Phi) is 9.61. The number of hydrogen-bond acceptors (Lipinski definition) is 5. The van der Waals surface area contributed by atoms with Gasteiger partial charge in [0.25, 0.3) is 0 Å². The molecule has 0 aliphatic carbocycles. The molecule has 2 atom stereocenters. The summed E-state index contributed by atoms with van der Waals surface area (Å²) in [7, 11) is 1.32. The van der Waals surface area contributed by atoms with E-state index in [0.29, 0.717) is 17.5 Å². The van der Waals surface area contributed by atoms with Crippen LogP contribution in [0.1, 0.15) is 34.5 Å². The molecule has 2 rings (SSSR count). The van der Waals surface area contributed by atoms with Gasteiger partial charge >= 0.3 is 12.3 Å². The minimum atomic E-state index is -4.78. The highest BCUT2D eigenvalue weighted by Gasteiger charge is 2.31. The van der Waals surface area contributed by atoms with Crippen LogP contribution in [0.2, 0.25) is 0 Å². The molecule has 0 saturated carbocycles. The van der Waals surface area contributed by atoms with E-state index in [2.05, 4.69) is 14.8 Å². The number of carbonyl (C=O) groups excluding carboxylic acids is 1. The minimum absolute atomic E-state index is 0. The zero-order valence-corrected chi connectivity index (χ0v) is 17.6. The number of halogens is 4. The topological polar surface area (TPSA) is 67.8 Å². The Hall–Kier alpha value is -2.10. The van der Waals surface area contributed by atoms with E-state index in [1.807, 2.05) is 19.1 Å². The molecular weight excluding hydrogens is 455 g/mol. The first-order valence-corrected chi connectivity index (χ1v) is 8.62. The summed E-state index contributed by atoms with van der Waals surface area (Å²) in [6, 6.07) is 12.3. The molecule has 9 heteroatoms. The van der Waals surface area contributed by atoms with Crippen LogP contribution in [0.15, 0.2) is 48.5 Å². The Morgan fingerprint density at radius 3 is 2.41 bits per heavy atom. The molecule has 2 N–H and O–H groups in total. The molecule has 0 radical (unpaired) electrons. The van der Waals surface area contributed by atoms with Crippen LogP contribution in [0, 0.1) is 0 Å². The Morgan fingerprint density at radius 1 is 1.17 bits per heavy atom. The molecule has 0 aliphatic rings. The van der Waals surface area contributed by atoms with E-state index < -0.39 is 18.4 Å². The van der Waals surface area contributed by atoms with Crippen molar-refractivity contribution in [2.75, 3.05) is 13.7 Å². The van der Waals surface area contributed by atoms with Gasteiger partial charge in [-0.15, -0.1) is 30.2 Å². The molecule has 0 heterocycles. The van der Waals surface area contributed by atoms with Gasteiger partial charge in [-0.2, -0.15) is 0 Å². The lowest BCUT2D eigenvalue weighted by atomic mass is 10.0. The Balaban J connectivity index is 0.00000420. The van der Waals surface area contributed by atoms with Crippen molar-refractivity contribution >= 4 is 23.0 Å². The van der Waals surface area contributed by atoms with Gasteiger partial charge in [0.15, 0.2) is 0 Å². The summed E-state index contributed by atoms with van der Waals surface area (Å²) in [4.78, 5) is 11.4. The summed E-state index contributed by atoms with van der Waals surface area (Å²) in [5.41, 5.74) is 1.77. The molecular formula is C20H23BrF3NO4. The average molecular weight is 478 g/mol. The lowest BCUT2D eigenvalue weighted by Gasteiger charge is -2.18. The molecule has 0 aromatic heterocycles. The Labute approximate surface area is 177 Å². The second-order valence-corrected chi connectivity index (χ2v) is 6.34. The summed E-state index contributed by atoms with van der Waals surface area (Å²) >= 11 is 0. The monoisotopic (exact) mass is 477 g/mol. The fourth-order valence-corrected chi connectivity index (χ4v) is 2.67. The van der Waals surface area contributed by atoms with Crippen molar-refractivity contribution in [1.82, 2.24) is 5.32 Å². The second kappa shape index (κ2) is 11.2. The summed E-state index contributed by atoms with van der Waals surface area (Å²) < 4.78 is 45.4. The summed E-state index contributed by atoms with van der Waals surface area (Å²) in [6.07, 6.45) is -5.12. The highest BCUT2D eigenvalue weighted by molar-refractivity contribution is 8.93. The SMILES string of the molecule is Br.COC(=O)c1ccc(CC(C)NCC(O)c2cccc(OC(F)(F)F)c2)cc1. The average Bonchev–Trinajstić information content (AvgIpc) is 2.65. The van der Waals surface area contributed by atoms with Crippen molar-refractivity contribution < 1.29 is 32.5 Å². The number of aliphatic hydroxyl groups is 1. The van der Waals surface area contributed by atoms with Crippen molar-refractivity contribution in [3.8, 4) is 5.75 Å². The molecule has 160 valence electrons. The molecule has 0 spiro atoms. The summed E-state index contributed by atoms with van der Waals surface area (Å²) in [6.45, 7) is 2.08. The minimum Gasteiger partial charge on any atom is -0.465 e. The molecule has 0 fully saturated rings. The number of ether oxygens (including phenoxy) is 2. The van der Waals surface area contributed by atoms with Gasteiger partial charge in [-0.1, -0.05) is 24.3 Å². The van der Waals surface area contributed by atoms with Crippen LogP contribution in [0.25, 0.3) is 0 Å². The zero-order chi connectivity index (χ0) is 20.7. The molecule has 2 aromatic carbocycles. The molecule has 0 bridgehead atoms. The standard InChI is InChI=1S/C20H22F3NO4.BrH/c1-13(10-14-6-8-15(9-7-14)19(26)27-2)24-12-18(25)16-4-3-5-17(11-16)28-20(21,22)23;/h3-9,11,13,18,24-25H,10,12H2,1-2H3;1H. The zero-order valence-electron chi connectivity index (χ0n) is 15.9. The fourth-order valence-electron chi connectivity index (χ4n) is 2.67. The highest BCUT2D eigenvalue weighted by Crippen LogP contribution is 2.25. The number of carbonyl (C=O) groups is 1. The highest BCUT2D eigenvalue weighted by atomic mass is 79.9. The third kappa shape index (κ3) is 8.43. The van der Waals surface area contributed by atoms with Crippen molar-refractivity contribution in [3.05, 3.63) is 65.2 Å². The molecule has 2 unspecified atom stereocenters. The second-order valence-electron chi connectivity index (χ2n) is 6.34. The fraction of sp³-hybridized carbons (Fsp3) is 0.350. The molecule has 29 heavy (non-hydrogen) atoms. The van der Waals surface area contributed by atoms with Gasteiger partial charge in [0.2, 0.25) is 0 Å². The van der Waals surface area contributed by atoms with E-state index in [0.717, 1.165) is 11.6 Å². The first-order chi connectivity index (χ1) is 13.2. The van der Waals surface area contributed by atoms with Crippen LogP contribution in [0.3, 0.4) is 0 Å². The van der Waals surface area contributed by atoms with Crippen molar-refractivity contribution in [1.29, 1.82) is 0 Å². The number of methoxy groups -OCH3 is 1. The van der Waals surface area contributed by atoms with Gasteiger partial charge in [-0.3, -0.25) is 0 Å². The van der Waals surface area contributed by atoms with Gasteiger partial charge in [-0.25, -0.2) is 4.79 Å². The first-order valence-electron chi connectivity index (χ1n) is 8.62. The molecule has 2 aromatic rings. The van der Waals surface area contributed by atoms with E-state index in [-0.39, 0.29) is 35.3 Å². The van der Waals surface area contributed by atoms with Crippen molar-refractivity contribution in [3.63, 3.8) is 0 Å². The van der Waals surface area contributed by atoms with Crippen molar-refractivity contribution in [2.24, 2.45) is 0 Å². The summed E-state index contributed by atoms with van der Waals surface area (Å²) in [5.74, 6) is -0.777. The normalized spacial score (nSPS) is 13.2. The lowest BCUT2D eigenvalue weighted by molar-refractivity contribution is -0.274. The Morgan fingerprint density at radius 2 is 1.83 bits per heavy atom. The van der Waals surface area contributed by atoms with Gasteiger partial charge in [0.1, 0.15) is 5.75 Å². The first kappa shape index (κ1) is 24.9. The molecule has 0 aliphatic heterocycles. The third-order valence-electron chi connectivity index (χ3n) is 4.05. The number of rotatable bonds is 8. The van der Waals surface area contributed by atoms with Crippen LogP contribution in [-0.4, -0.2) is 37.1 Å². The quantitative estimate of drug-likeness (QED) is 0.557. The van der Waals surface area contributed by atoms with E-state index >= 15 is 0 Å². The molecule has 0 amide bonds. The van der Waals surface area contributed by atoms with Crippen LogP contribution in [0.4, 0.5) is 13.2 Å². The maximum Gasteiger partial charge on any atom is 0.573 e. The van der Waals surface area contributed by atoms with Gasteiger partial charge in [0.05, 0.1) is 18.8 Å². The number of benzene rings is 2. The van der Waals surface area contributed by atoms with Gasteiger partial charge in [0, 0.05) is 12.6 Å². The van der Waals surface area contributed by atoms with E-state index in [4.69, 9.17) is 0 Å². The van der Waals surface area contributed by atoms with Crippen LogP contribution >= 0.6 is 17.0 Å². The van der Waals surface area contributed by atoms with E-state index in [9.17, 15) is 23.1 Å². The molecule has 0 saturated heterocycles. The predicted molar refractivity (Wildman–Crippen MR) is 107 cm³/mol. The third-order valence-corrected chi connectivity index (χ3v) is 4.05. The summed E-state index contributed by atoms with van der Waals surface area (Å²) in [5, 5.41) is 13.4. The number of nitrogens with one attached hydrogen (secondary N) is 1. The van der Waals surface area contributed by atoms with E-state index in [1.165, 1.54) is 25.3 Å². The predicted octanol–water partition coefficient (Wildman–Crippen LogP) is 4.20. The number of esters is 1.